The second-order valence-electron chi connectivity index (χ2n) is 4.51. The number of hydrogen-bond acceptors (Lipinski definition) is 1. The van der Waals surface area contributed by atoms with Crippen LogP contribution in [0, 0.1) is 6.92 Å². The molecule has 0 N–H and O–H groups in total. The number of carbonyl (C=O) groups excluding carboxylic acids is 1. The Kier molecular flexibility index (Phi) is 4.15. The third kappa shape index (κ3) is 3.29. The molecule has 0 saturated carbocycles. The van der Waals surface area contributed by atoms with Crippen molar-refractivity contribution in [1.82, 2.24) is 0 Å². The van der Waals surface area contributed by atoms with Gasteiger partial charge in [0.15, 0.2) is 0 Å². The Morgan fingerprint density at radius 1 is 1.11 bits per heavy atom. The van der Waals surface area contributed by atoms with E-state index in [1.54, 1.807) is 37.3 Å². The van der Waals surface area contributed by atoms with Gasteiger partial charge in [-0.25, -0.2) is 4.39 Å². The van der Waals surface area contributed by atoms with Crippen molar-refractivity contribution in [3.8, 4) is 0 Å². The first-order valence-electron chi connectivity index (χ1n) is 6.03. The highest BCUT2D eigenvalue weighted by molar-refractivity contribution is 9.10. The number of Topliss-reactive ketones (excluding diaryl/α,β-unsaturated/α-hetero) is 1. The molecule has 0 fully saturated rings. The monoisotopic (exact) mass is 320 g/mol. The quantitative estimate of drug-likeness (QED) is 0.599. The molecule has 1 nitrogen and oxygen atoms in total. The molecule has 19 heavy (non-hydrogen) atoms. The molecule has 1 unspecified atom stereocenters. The van der Waals surface area contributed by atoms with E-state index in [9.17, 15) is 9.18 Å². The van der Waals surface area contributed by atoms with Gasteiger partial charge in [0.1, 0.15) is 0 Å². The maximum atomic E-state index is 14.6. The van der Waals surface area contributed by atoms with Gasteiger partial charge in [-0.15, -0.1) is 0 Å². The molecule has 0 amide bonds. The van der Waals surface area contributed by atoms with Gasteiger partial charge in [-0.2, -0.15) is 0 Å². The van der Waals surface area contributed by atoms with Crippen molar-refractivity contribution in [2.24, 2.45) is 0 Å². The van der Waals surface area contributed by atoms with Crippen LogP contribution in [-0.2, 0) is 6.42 Å². The Balaban J connectivity index is 2.25. The van der Waals surface area contributed by atoms with Gasteiger partial charge in [-0.1, -0.05) is 54.6 Å². The fraction of sp³-hybridized carbons (Fsp3) is 0.188. The van der Waals surface area contributed by atoms with E-state index >= 15 is 0 Å². The molecule has 0 radical (unpaired) electrons. The van der Waals surface area contributed by atoms with Crippen LogP contribution in [0.15, 0.2) is 54.6 Å². The average molecular weight is 321 g/mol. The Bertz CT molecular complexity index is 578. The number of rotatable bonds is 4. The second kappa shape index (κ2) is 5.66. The van der Waals surface area contributed by atoms with Gasteiger partial charge < -0.3 is 0 Å². The molecule has 0 aliphatic carbocycles. The fourth-order valence-electron chi connectivity index (χ4n) is 1.96. The van der Waals surface area contributed by atoms with Crippen LogP contribution < -0.4 is 0 Å². The van der Waals surface area contributed by atoms with Gasteiger partial charge in [-0.05, 0) is 34.0 Å². The molecule has 1 atom stereocenters. The smallest absolute Gasteiger partial charge is 0.231 e. The van der Waals surface area contributed by atoms with E-state index in [-0.39, 0.29) is 6.42 Å². The molecule has 0 spiro atoms. The third-order valence-electron chi connectivity index (χ3n) is 2.99. The van der Waals surface area contributed by atoms with Crippen LogP contribution in [0.1, 0.15) is 21.5 Å². The molecule has 2 aromatic rings. The van der Waals surface area contributed by atoms with Crippen LogP contribution in [0.25, 0.3) is 0 Å². The highest BCUT2D eigenvalue weighted by Gasteiger charge is 2.36. The summed E-state index contributed by atoms with van der Waals surface area (Å²) < 4.78 is 12.5. The van der Waals surface area contributed by atoms with Crippen LogP contribution in [0.5, 0.6) is 0 Å². The molecule has 0 saturated heterocycles. The summed E-state index contributed by atoms with van der Waals surface area (Å²) in [6.45, 7) is 1.80. The highest BCUT2D eigenvalue weighted by atomic mass is 79.9. The lowest BCUT2D eigenvalue weighted by molar-refractivity contribution is 0.0847. The Morgan fingerprint density at radius 2 is 1.68 bits per heavy atom. The average Bonchev–Trinajstić information content (AvgIpc) is 2.39. The summed E-state index contributed by atoms with van der Waals surface area (Å²) >= 11 is 2.94. The van der Waals surface area contributed by atoms with Crippen molar-refractivity contribution in [3.05, 3.63) is 71.3 Å². The fourth-order valence-corrected chi connectivity index (χ4v) is 2.49. The Morgan fingerprint density at radius 3 is 2.32 bits per heavy atom. The highest BCUT2D eigenvalue weighted by Crippen LogP contribution is 2.30. The number of ketones is 1. The standard InChI is InChI=1S/C16H14BrFO/c1-12-7-5-6-10-14(12)15(19)16(17,18)11-13-8-3-2-4-9-13/h2-10H,11H2,1H3. The molecule has 98 valence electrons. The van der Waals surface area contributed by atoms with Gasteiger partial charge in [0.05, 0.1) is 0 Å². The van der Waals surface area contributed by atoms with Gasteiger partial charge >= 0.3 is 0 Å². The Hall–Kier alpha value is -1.48. The summed E-state index contributed by atoms with van der Waals surface area (Å²) in [4.78, 5) is 12.3. The number of hydrogen-bond donors (Lipinski definition) is 0. The lowest BCUT2D eigenvalue weighted by Crippen LogP contribution is -2.30. The van der Waals surface area contributed by atoms with Crippen LogP contribution in [-0.4, -0.2) is 10.4 Å². The third-order valence-corrected chi connectivity index (χ3v) is 3.63. The van der Waals surface area contributed by atoms with Crippen molar-refractivity contribution in [3.63, 3.8) is 0 Å². The summed E-state index contributed by atoms with van der Waals surface area (Å²) in [7, 11) is 0. The molecule has 0 aliphatic rings. The van der Waals surface area contributed by atoms with Crippen LogP contribution in [0.3, 0.4) is 0 Å². The van der Waals surface area contributed by atoms with Crippen LogP contribution >= 0.6 is 15.9 Å². The van der Waals surface area contributed by atoms with E-state index in [1.807, 2.05) is 24.3 Å². The molecule has 2 aromatic carbocycles. The molecule has 0 bridgehead atoms. The Labute approximate surface area is 120 Å². The van der Waals surface area contributed by atoms with Crippen molar-refractivity contribution in [2.75, 3.05) is 0 Å². The van der Waals surface area contributed by atoms with Crippen LogP contribution in [0.2, 0.25) is 0 Å². The van der Waals surface area contributed by atoms with Crippen molar-refractivity contribution >= 4 is 21.7 Å². The maximum Gasteiger partial charge on any atom is 0.231 e. The minimum Gasteiger partial charge on any atom is -0.289 e. The molecule has 0 heterocycles. The maximum absolute atomic E-state index is 14.6. The summed E-state index contributed by atoms with van der Waals surface area (Å²) in [5.74, 6) is -0.533. The predicted molar refractivity (Wildman–Crippen MR) is 78.4 cm³/mol. The molecular formula is C16H14BrFO. The zero-order chi connectivity index (χ0) is 13.9. The number of halogens is 2. The lowest BCUT2D eigenvalue weighted by Gasteiger charge is -2.18. The minimum absolute atomic E-state index is 0.0149. The summed E-state index contributed by atoms with van der Waals surface area (Å²) in [6, 6.07) is 16.2. The first-order chi connectivity index (χ1) is 9.00. The second-order valence-corrected chi connectivity index (χ2v) is 5.77. The van der Waals surface area contributed by atoms with Gasteiger partial charge in [0.2, 0.25) is 10.4 Å². The largest absolute Gasteiger partial charge is 0.289 e. The van der Waals surface area contributed by atoms with E-state index < -0.39 is 10.4 Å². The van der Waals surface area contributed by atoms with Crippen molar-refractivity contribution in [1.29, 1.82) is 0 Å². The van der Waals surface area contributed by atoms with E-state index in [4.69, 9.17) is 0 Å². The number of carbonyl (C=O) groups is 1. The molecule has 3 heteroatoms. The zero-order valence-corrected chi connectivity index (χ0v) is 12.2. The van der Waals surface area contributed by atoms with Gasteiger partial charge in [-0.3, -0.25) is 4.79 Å². The number of aryl methyl sites for hydroxylation is 1. The zero-order valence-electron chi connectivity index (χ0n) is 10.6. The molecular weight excluding hydrogens is 307 g/mol. The minimum atomic E-state index is -2.07. The molecule has 0 aliphatic heterocycles. The summed E-state index contributed by atoms with van der Waals surface area (Å²) in [5.41, 5.74) is 1.98. The van der Waals surface area contributed by atoms with E-state index in [0.717, 1.165) is 11.1 Å². The molecule has 2 rings (SSSR count). The first-order valence-corrected chi connectivity index (χ1v) is 6.82. The predicted octanol–water partition coefficient (Wildman–Crippen LogP) is 4.48. The normalized spacial score (nSPS) is 13.8. The van der Waals surface area contributed by atoms with Crippen LogP contribution in [0.4, 0.5) is 4.39 Å². The van der Waals surface area contributed by atoms with Gasteiger partial charge in [0.25, 0.3) is 0 Å². The number of benzene rings is 2. The van der Waals surface area contributed by atoms with E-state index in [2.05, 4.69) is 15.9 Å². The summed E-state index contributed by atoms with van der Waals surface area (Å²) in [5, 5.41) is 0. The molecule has 0 aromatic heterocycles. The lowest BCUT2D eigenvalue weighted by atomic mass is 9.98. The topological polar surface area (TPSA) is 17.1 Å². The van der Waals surface area contributed by atoms with Crippen molar-refractivity contribution in [2.45, 2.75) is 17.9 Å². The van der Waals surface area contributed by atoms with E-state index in [0.29, 0.717) is 5.56 Å². The first kappa shape index (κ1) is 13.9. The SMILES string of the molecule is Cc1ccccc1C(=O)C(F)(Br)Cc1ccccc1. The van der Waals surface area contributed by atoms with Crippen molar-refractivity contribution < 1.29 is 9.18 Å². The van der Waals surface area contributed by atoms with E-state index in [1.165, 1.54) is 0 Å². The van der Waals surface area contributed by atoms with Gasteiger partial charge in [0, 0.05) is 12.0 Å². The number of alkyl halides is 2. The summed E-state index contributed by atoms with van der Waals surface area (Å²) in [6.07, 6.45) is 0.0149.